The number of nitrogens with one attached hydrogen (secondary N) is 1. The Morgan fingerprint density at radius 3 is 2.78 bits per heavy atom. The largest absolute Gasteiger partial charge is 0.293 e. The highest BCUT2D eigenvalue weighted by Crippen LogP contribution is 2.29. The molecule has 136 valence electrons. The van der Waals surface area contributed by atoms with E-state index in [1.165, 1.54) is 16.0 Å². The molecule has 0 atom stereocenters. The van der Waals surface area contributed by atoms with Gasteiger partial charge in [0, 0.05) is 10.7 Å². The molecule has 0 saturated carbocycles. The predicted molar refractivity (Wildman–Crippen MR) is 113 cm³/mol. The van der Waals surface area contributed by atoms with Crippen molar-refractivity contribution in [2.45, 2.75) is 13.8 Å². The maximum atomic E-state index is 13.0. The van der Waals surface area contributed by atoms with Gasteiger partial charge in [-0.1, -0.05) is 46.7 Å². The number of aromatic nitrogens is 3. The Labute approximate surface area is 168 Å². The predicted octanol–water partition coefficient (Wildman–Crippen LogP) is 5.53. The zero-order valence-corrected chi connectivity index (χ0v) is 16.8. The Kier molecular flexibility index (Phi) is 4.63. The molecule has 0 fully saturated rings. The van der Waals surface area contributed by atoms with E-state index in [2.05, 4.69) is 15.1 Å². The highest BCUT2D eigenvalue weighted by atomic mass is 35.5. The van der Waals surface area contributed by atoms with Gasteiger partial charge in [-0.05, 0) is 44.2 Å². The molecule has 27 heavy (non-hydrogen) atoms. The number of fused-ring (bicyclic) bond motifs is 1. The Bertz CT molecular complexity index is 1220. The summed E-state index contributed by atoms with van der Waals surface area (Å²) in [6.07, 6.45) is 0. The number of benzene rings is 2. The molecule has 4 aromatic rings. The van der Waals surface area contributed by atoms with Crippen molar-refractivity contribution in [3.8, 4) is 5.13 Å². The summed E-state index contributed by atoms with van der Waals surface area (Å²) in [5.41, 5.74) is 2.93. The first-order chi connectivity index (χ1) is 12.9. The number of hydrogen-bond acceptors (Lipinski definition) is 4. The van der Waals surface area contributed by atoms with Crippen LogP contribution in [-0.4, -0.2) is 20.5 Å². The van der Waals surface area contributed by atoms with Crippen molar-refractivity contribution in [1.29, 1.82) is 0 Å². The van der Waals surface area contributed by atoms with E-state index in [1.807, 2.05) is 31.2 Å². The van der Waals surface area contributed by atoms with Gasteiger partial charge in [0.15, 0.2) is 0 Å². The van der Waals surface area contributed by atoms with Crippen LogP contribution < -0.4 is 5.56 Å². The quantitative estimate of drug-likeness (QED) is 0.446. The van der Waals surface area contributed by atoms with E-state index < -0.39 is 0 Å². The molecule has 1 N–H and O–H groups in total. The number of nitrogens with zero attached hydrogens (tertiary/aromatic N) is 3. The summed E-state index contributed by atoms with van der Waals surface area (Å²) in [5.74, 6) is 0. The molecular formula is C19H14Cl2N4OS. The molecule has 0 aliphatic rings. The molecule has 2 heterocycles. The minimum Gasteiger partial charge on any atom is -0.293 e. The fourth-order valence-electron chi connectivity index (χ4n) is 2.87. The molecular weight excluding hydrogens is 403 g/mol. The first-order valence-corrected chi connectivity index (χ1v) is 9.69. The number of aryl methyl sites for hydroxylation is 1. The van der Waals surface area contributed by atoms with Crippen LogP contribution in [0.4, 0.5) is 5.69 Å². The fourth-order valence-corrected chi connectivity index (χ4v) is 4.12. The third kappa shape index (κ3) is 3.32. The number of aliphatic imine (C=N–C) groups is 1. The van der Waals surface area contributed by atoms with Gasteiger partial charge >= 0.3 is 0 Å². The highest BCUT2D eigenvalue weighted by molar-refractivity contribution is 7.20. The molecule has 0 unspecified atom stereocenters. The van der Waals surface area contributed by atoms with Gasteiger partial charge in [0.05, 0.1) is 32.2 Å². The van der Waals surface area contributed by atoms with Crippen LogP contribution in [0, 0.1) is 6.92 Å². The minimum atomic E-state index is -0.203. The summed E-state index contributed by atoms with van der Waals surface area (Å²) in [7, 11) is 0. The Morgan fingerprint density at radius 1 is 1.22 bits per heavy atom. The zero-order chi connectivity index (χ0) is 19.1. The molecule has 2 aromatic carbocycles. The summed E-state index contributed by atoms with van der Waals surface area (Å²) < 4.78 is 2.47. The molecule has 2 aromatic heterocycles. The lowest BCUT2D eigenvalue weighted by molar-refractivity contribution is 0.829. The summed E-state index contributed by atoms with van der Waals surface area (Å²) >= 11 is 13.7. The lowest BCUT2D eigenvalue weighted by Gasteiger charge is -2.02. The maximum Gasteiger partial charge on any atom is 0.282 e. The number of thiazole rings is 1. The van der Waals surface area contributed by atoms with Crippen molar-refractivity contribution < 1.29 is 0 Å². The number of H-pyrrole nitrogens is 1. The normalized spacial score (nSPS) is 12.1. The Morgan fingerprint density at radius 2 is 2.00 bits per heavy atom. The second-order valence-electron chi connectivity index (χ2n) is 6.01. The molecule has 0 amide bonds. The van der Waals surface area contributed by atoms with E-state index in [1.54, 1.807) is 25.1 Å². The van der Waals surface area contributed by atoms with Gasteiger partial charge in [-0.3, -0.25) is 14.9 Å². The molecule has 0 bridgehead atoms. The van der Waals surface area contributed by atoms with E-state index >= 15 is 0 Å². The molecule has 0 aliphatic carbocycles. The summed E-state index contributed by atoms with van der Waals surface area (Å²) in [6.45, 7) is 3.61. The average Bonchev–Trinajstić information content (AvgIpc) is 3.18. The van der Waals surface area contributed by atoms with Gasteiger partial charge in [0.2, 0.25) is 5.13 Å². The van der Waals surface area contributed by atoms with Crippen molar-refractivity contribution in [3.63, 3.8) is 0 Å². The van der Waals surface area contributed by atoms with Gasteiger partial charge in [-0.25, -0.2) is 4.98 Å². The number of aromatic amines is 1. The van der Waals surface area contributed by atoms with Crippen LogP contribution in [0.15, 0.2) is 52.3 Å². The van der Waals surface area contributed by atoms with Gasteiger partial charge in [-0.15, -0.1) is 0 Å². The maximum absolute atomic E-state index is 13.0. The third-order valence-electron chi connectivity index (χ3n) is 4.10. The Balaban J connectivity index is 1.82. The monoisotopic (exact) mass is 416 g/mol. The van der Waals surface area contributed by atoms with Crippen LogP contribution >= 0.6 is 34.5 Å². The van der Waals surface area contributed by atoms with Gasteiger partial charge < -0.3 is 0 Å². The number of halogens is 2. The van der Waals surface area contributed by atoms with Crippen LogP contribution in [0.25, 0.3) is 15.3 Å². The molecule has 0 radical (unpaired) electrons. The fraction of sp³-hybridized carbons (Fsp3) is 0.105. The number of rotatable bonds is 3. The standard InChI is InChI=1S/C19H14Cl2N4OS/c1-10(22-15-9-12(20)7-8-13(15)21)17-11(2)24-25(18(17)26)19-23-14-5-3-4-6-16(14)27-19/h3-9,24H,1-2H3. The second-order valence-corrected chi connectivity index (χ2v) is 7.86. The van der Waals surface area contributed by atoms with Gasteiger partial charge in [0.25, 0.3) is 5.56 Å². The summed E-state index contributed by atoms with van der Waals surface area (Å²) in [6, 6.07) is 12.8. The lowest BCUT2D eigenvalue weighted by atomic mass is 10.2. The molecule has 0 saturated heterocycles. The molecule has 5 nitrogen and oxygen atoms in total. The topological polar surface area (TPSA) is 63.0 Å². The van der Waals surface area contributed by atoms with E-state index in [9.17, 15) is 4.79 Å². The summed E-state index contributed by atoms with van der Waals surface area (Å²) in [5, 5.41) is 4.68. The van der Waals surface area contributed by atoms with E-state index in [-0.39, 0.29) is 5.56 Å². The van der Waals surface area contributed by atoms with Crippen LogP contribution in [0.2, 0.25) is 10.0 Å². The van der Waals surface area contributed by atoms with E-state index in [0.29, 0.717) is 37.8 Å². The van der Waals surface area contributed by atoms with Crippen LogP contribution in [0.5, 0.6) is 0 Å². The second kappa shape index (κ2) is 6.96. The van der Waals surface area contributed by atoms with Crippen molar-refractivity contribution in [2.24, 2.45) is 4.99 Å². The van der Waals surface area contributed by atoms with Crippen molar-refractivity contribution in [2.75, 3.05) is 0 Å². The minimum absolute atomic E-state index is 0.203. The third-order valence-corrected chi connectivity index (χ3v) is 5.68. The first kappa shape index (κ1) is 18.0. The van der Waals surface area contributed by atoms with Crippen LogP contribution in [0.3, 0.4) is 0 Å². The highest BCUT2D eigenvalue weighted by Gasteiger charge is 2.17. The van der Waals surface area contributed by atoms with E-state index in [0.717, 1.165) is 10.2 Å². The van der Waals surface area contributed by atoms with Gasteiger partial charge in [0.1, 0.15) is 0 Å². The molecule has 8 heteroatoms. The van der Waals surface area contributed by atoms with Crippen LogP contribution in [-0.2, 0) is 0 Å². The van der Waals surface area contributed by atoms with Gasteiger partial charge in [-0.2, -0.15) is 4.68 Å². The summed E-state index contributed by atoms with van der Waals surface area (Å²) in [4.78, 5) is 22.1. The van der Waals surface area contributed by atoms with Crippen molar-refractivity contribution in [3.05, 3.63) is 74.1 Å². The van der Waals surface area contributed by atoms with Crippen molar-refractivity contribution >= 4 is 56.2 Å². The van der Waals surface area contributed by atoms with Crippen molar-refractivity contribution in [1.82, 2.24) is 14.8 Å². The number of hydrogen-bond donors (Lipinski definition) is 1. The molecule has 0 aliphatic heterocycles. The zero-order valence-electron chi connectivity index (χ0n) is 14.5. The Hall–Kier alpha value is -2.41. The SMILES string of the molecule is CC(=Nc1cc(Cl)ccc1Cl)c1c(C)[nH]n(-c2nc3ccccc3s2)c1=O. The lowest BCUT2D eigenvalue weighted by Crippen LogP contribution is -2.19. The molecule has 0 spiro atoms. The average molecular weight is 417 g/mol. The molecule has 4 rings (SSSR count). The van der Waals surface area contributed by atoms with Crippen LogP contribution in [0.1, 0.15) is 18.2 Å². The smallest absolute Gasteiger partial charge is 0.282 e. The first-order valence-electron chi connectivity index (χ1n) is 8.12. The van der Waals surface area contributed by atoms with E-state index in [4.69, 9.17) is 23.2 Å². The number of para-hydroxylation sites is 1.